The third kappa shape index (κ3) is 3.74. The van der Waals surface area contributed by atoms with Crippen molar-refractivity contribution in [3.63, 3.8) is 0 Å². The molecule has 3 rings (SSSR count). The molecule has 1 heterocycles. The number of carbonyl (C=O) groups is 2. The van der Waals surface area contributed by atoms with Crippen LogP contribution < -0.4 is 10.6 Å². The van der Waals surface area contributed by atoms with Gasteiger partial charge in [0.25, 0.3) is 0 Å². The molecule has 1 fully saturated rings. The molecule has 1 atom stereocenters. The molecule has 1 aliphatic heterocycles. The highest BCUT2D eigenvalue weighted by Crippen LogP contribution is 2.29. The molecule has 0 saturated carbocycles. The van der Waals surface area contributed by atoms with Crippen LogP contribution in [0, 0.1) is 11.3 Å². The van der Waals surface area contributed by atoms with Crippen LogP contribution in [0.5, 0.6) is 0 Å². The Balaban J connectivity index is 1.72. The van der Waals surface area contributed by atoms with E-state index in [2.05, 4.69) is 4.74 Å². The normalized spacial score (nSPS) is 16.6. The van der Waals surface area contributed by atoms with Crippen molar-refractivity contribution in [2.45, 2.75) is 12.8 Å². The van der Waals surface area contributed by atoms with Crippen LogP contribution in [0.25, 0.3) is 11.1 Å². The Labute approximate surface area is 152 Å². The fraction of sp³-hybridized carbons (Fsp3) is 0.250. The van der Waals surface area contributed by atoms with Crippen molar-refractivity contribution >= 4 is 23.4 Å². The smallest absolute Gasteiger partial charge is 0.305 e. The van der Waals surface area contributed by atoms with E-state index in [4.69, 9.17) is 11.1 Å². The molecule has 1 unspecified atom stereocenters. The minimum atomic E-state index is -0.283. The highest BCUT2D eigenvalue weighted by molar-refractivity contribution is 5.97. The molecule has 6 heteroatoms. The van der Waals surface area contributed by atoms with Crippen molar-refractivity contribution < 1.29 is 14.3 Å². The van der Waals surface area contributed by atoms with Gasteiger partial charge in [0, 0.05) is 24.2 Å². The summed E-state index contributed by atoms with van der Waals surface area (Å²) in [6.45, 7) is 0.528. The quantitative estimate of drug-likeness (QED) is 0.491. The minimum Gasteiger partial charge on any atom is -0.469 e. The van der Waals surface area contributed by atoms with Crippen LogP contribution in [0.2, 0.25) is 0 Å². The van der Waals surface area contributed by atoms with E-state index in [-0.39, 0.29) is 30.1 Å². The van der Waals surface area contributed by atoms with Gasteiger partial charge < -0.3 is 15.4 Å². The highest BCUT2D eigenvalue weighted by Gasteiger charge is 2.32. The molecule has 0 bridgehead atoms. The largest absolute Gasteiger partial charge is 0.469 e. The summed E-state index contributed by atoms with van der Waals surface area (Å²) in [5.41, 5.74) is 9.01. The highest BCUT2D eigenvalue weighted by atomic mass is 16.5. The molecule has 1 amide bonds. The van der Waals surface area contributed by atoms with E-state index in [1.54, 1.807) is 4.90 Å². The van der Waals surface area contributed by atoms with Crippen LogP contribution in [0.3, 0.4) is 0 Å². The van der Waals surface area contributed by atoms with Gasteiger partial charge in [0.2, 0.25) is 5.91 Å². The lowest BCUT2D eigenvalue weighted by molar-refractivity contribution is -0.141. The summed E-state index contributed by atoms with van der Waals surface area (Å²) in [6.07, 6.45) is 0.628. The molecule has 1 saturated heterocycles. The van der Waals surface area contributed by atoms with Gasteiger partial charge in [-0.05, 0) is 29.2 Å². The standard InChI is InChI=1S/C20H21N3O3/c1-26-19(25)11-13-10-18(24)23(12-13)17-8-6-15(7-9-17)14-2-4-16(5-3-14)20(21)22/h2-9,13H,10-12H2,1H3,(H3,21,22). The first kappa shape index (κ1) is 17.7. The van der Waals surface area contributed by atoms with E-state index in [0.717, 1.165) is 16.8 Å². The average Bonchev–Trinajstić information content (AvgIpc) is 3.02. The van der Waals surface area contributed by atoms with Gasteiger partial charge in [-0.25, -0.2) is 0 Å². The van der Waals surface area contributed by atoms with Crippen molar-refractivity contribution in [3.05, 3.63) is 54.1 Å². The van der Waals surface area contributed by atoms with Crippen LogP contribution >= 0.6 is 0 Å². The minimum absolute atomic E-state index is 0.00579. The summed E-state index contributed by atoms with van der Waals surface area (Å²) in [5.74, 6) is -0.221. The van der Waals surface area contributed by atoms with E-state index in [9.17, 15) is 9.59 Å². The molecule has 0 spiro atoms. The molecule has 1 aliphatic rings. The second kappa shape index (κ2) is 7.39. The van der Waals surface area contributed by atoms with Gasteiger partial charge in [-0.2, -0.15) is 0 Å². The number of amidine groups is 1. The Kier molecular flexibility index (Phi) is 5.02. The monoisotopic (exact) mass is 351 g/mol. The van der Waals surface area contributed by atoms with E-state index in [1.807, 2.05) is 48.5 Å². The van der Waals surface area contributed by atoms with Crippen LogP contribution in [0.1, 0.15) is 18.4 Å². The van der Waals surface area contributed by atoms with Gasteiger partial charge in [0.05, 0.1) is 13.5 Å². The van der Waals surface area contributed by atoms with Gasteiger partial charge in [0.1, 0.15) is 5.84 Å². The summed E-state index contributed by atoms with van der Waals surface area (Å²) >= 11 is 0. The number of anilines is 1. The van der Waals surface area contributed by atoms with Gasteiger partial charge in [-0.1, -0.05) is 36.4 Å². The molecule has 2 aromatic carbocycles. The lowest BCUT2D eigenvalue weighted by Gasteiger charge is -2.17. The summed E-state index contributed by atoms with van der Waals surface area (Å²) in [7, 11) is 1.36. The second-order valence-electron chi connectivity index (χ2n) is 6.39. The third-order valence-electron chi connectivity index (χ3n) is 4.60. The van der Waals surface area contributed by atoms with Gasteiger partial charge in [-0.3, -0.25) is 15.0 Å². The molecule has 0 aliphatic carbocycles. The average molecular weight is 351 g/mol. The predicted octanol–water partition coefficient (Wildman–Crippen LogP) is 2.55. The van der Waals surface area contributed by atoms with Crippen LogP contribution in [0.15, 0.2) is 48.5 Å². The first-order valence-corrected chi connectivity index (χ1v) is 8.40. The number of hydrogen-bond donors (Lipinski definition) is 2. The number of methoxy groups -OCH3 is 1. The summed E-state index contributed by atoms with van der Waals surface area (Å²) in [5, 5.41) is 7.44. The second-order valence-corrected chi connectivity index (χ2v) is 6.39. The SMILES string of the molecule is COC(=O)CC1CC(=O)N(c2ccc(-c3ccc(C(=N)N)cc3)cc2)C1. The molecular weight excluding hydrogens is 330 g/mol. The number of rotatable bonds is 5. The fourth-order valence-corrected chi connectivity index (χ4v) is 3.16. The predicted molar refractivity (Wildman–Crippen MR) is 100.0 cm³/mol. The summed E-state index contributed by atoms with van der Waals surface area (Å²) < 4.78 is 4.69. The molecule has 2 aromatic rings. The Morgan fingerprint density at radius 1 is 1.15 bits per heavy atom. The lowest BCUT2D eigenvalue weighted by Crippen LogP contribution is -2.24. The van der Waals surface area contributed by atoms with Crippen molar-refractivity contribution in [1.82, 2.24) is 0 Å². The molecule has 26 heavy (non-hydrogen) atoms. The number of ether oxygens (including phenoxy) is 1. The third-order valence-corrected chi connectivity index (χ3v) is 4.60. The maximum absolute atomic E-state index is 12.3. The lowest BCUT2D eigenvalue weighted by atomic mass is 10.0. The van der Waals surface area contributed by atoms with E-state index < -0.39 is 0 Å². The Hall–Kier alpha value is -3.15. The number of nitrogens with one attached hydrogen (secondary N) is 1. The van der Waals surface area contributed by atoms with E-state index >= 15 is 0 Å². The van der Waals surface area contributed by atoms with Gasteiger partial charge >= 0.3 is 5.97 Å². The molecule has 0 aromatic heterocycles. The van der Waals surface area contributed by atoms with E-state index in [0.29, 0.717) is 18.5 Å². The Morgan fingerprint density at radius 3 is 2.27 bits per heavy atom. The number of esters is 1. The van der Waals surface area contributed by atoms with Crippen molar-refractivity contribution in [3.8, 4) is 11.1 Å². The van der Waals surface area contributed by atoms with Crippen molar-refractivity contribution in [1.29, 1.82) is 5.41 Å². The number of nitrogens with two attached hydrogens (primary N) is 1. The molecular formula is C20H21N3O3. The van der Waals surface area contributed by atoms with Crippen molar-refractivity contribution in [2.24, 2.45) is 11.7 Å². The maximum atomic E-state index is 12.3. The van der Waals surface area contributed by atoms with Crippen LogP contribution in [-0.2, 0) is 14.3 Å². The van der Waals surface area contributed by atoms with Gasteiger partial charge in [0.15, 0.2) is 0 Å². The maximum Gasteiger partial charge on any atom is 0.305 e. The number of carbonyl (C=O) groups excluding carboxylic acids is 2. The number of amides is 1. The molecule has 3 N–H and O–H groups in total. The topological polar surface area (TPSA) is 96.5 Å². The zero-order chi connectivity index (χ0) is 18.7. The number of nitrogen functional groups attached to an aromatic ring is 1. The Morgan fingerprint density at radius 2 is 1.73 bits per heavy atom. The first-order valence-electron chi connectivity index (χ1n) is 8.40. The van der Waals surface area contributed by atoms with Crippen LogP contribution in [-0.4, -0.2) is 31.4 Å². The zero-order valence-electron chi connectivity index (χ0n) is 14.6. The molecule has 6 nitrogen and oxygen atoms in total. The number of benzene rings is 2. The summed E-state index contributed by atoms with van der Waals surface area (Å²) in [6, 6.07) is 15.2. The number of hydrogen-bond acceptors (Lipinski definition) is 4. The number of nitrogens with zero attached hydrogens (tertiary/aromatic N) is 1. The fourth-order valence-electron chi connectivity index (χ4n) is 3.16. The first-order chi connectivity index (χ1) is 12.5. The van der Waals surface area contributed by atoms with Crippen LogP contribution in [0.4, 0.5) is 5.69 Å². The summed E-state index contributed by atoms with van der Waals surface area (Å²) in [4.78, 5) is 25.4. The van der Waals surface area contributed by atoms with Gasteiger partial charge in [-0.15, -0.1) is 0 Å². The molecule has 0 radical (unpaired) electrons. The Bertz CT molecular complexity index is 828. The molecule has 134 valence electrons. The van der Waals surface area contributed by atoms with E-state index in [1.165, 1.54) is 7.11 Å². The zero-order valence-corrected chi connectivity index (χ0v) is 14.6. The van der Waals surface area contributed by atoms with Crippen molar-refractivity contribution in [2.75, 3.05) is 18.6 Å².